The number of primary amides is 1. The molecule has 1 aliphatic rings. The highest BCUT2D eigenvalue weighted by Crippen LogP contribution is 2.27. The van der Waals surface area contributed by atoms with E-state index in [-0.39, 0.29) is 5.91 Å². The Morgan fingerprint density at radius 2 is 2.31 bits per heavy atom. The second-order valence-electron chi connectivity index (χ2n) is 4.45. The molecule has 1 atom stereocenters. The standard InChI is InChI=1S/C11H17N3OS/c1-11(9(12)15,10-13-6-7-16-10)14-8-4-2-3-5-8/h6-8,14H,2-5H2,1H3,(H2,12,15). The Kier molecular flexibility index (Phi) is 3.25. The molecule has 0 bridgehead atoms. The molecule has 0 aliphatic heterocycles. The van der Waals surface area contributed by atoms with Gasteiger partial charge in [0.2, 0.25) is 5.91 Å². The SMILES string of the molecule is CC(NC1CCCC1)(C(N)=O)c1nccs1. The van der Waals surface area contributed by atoms with Crippen molar-refractivity contribution in [3.05, 3.63) is 16.6 Å². The van der Waals surface area contributed by atoms with Gasteiger partial charge >= 0.3 is 0 Å². The van der Waals surface area contributed by atoms with E-state index >= 15 is 0 Å². The van der Waals surface area contributed by atoms with Gasteiger partial charge in [0.15, 0.2) is 0 Å². The van der Waals surface area contributed by atoms with Gasteiger partial charge in [-0.1, -0.05) is 12.8 Å². The van der Waals surface area contributed by atoms with Crippen LogP contribution < -0.4 is 11.1 Å². The fraction of sp³-hybridized carbons (Fsp3) is 0.636. The van der Waals surface area contributed by atoms with Crippen LogP contribution in [0.25, 0.3) is 0 Å². The zero-order chi connectivity index (χ0) is 11.6. The molecule has 1 heterocycles. The Labute approximate surface area is 99.3 Å². The molecule has 88 valence electrons. The van der Waals surface area contributed by atoms with Crippen molar-refractivity contribution >= 4 is 17.2 Å². The van der Waals surface area contributed by atoms with Gasteiger partial charge in [0.25, 0.3) is 0 Å². The van der Waals surface area contributed by atoms with Crippen molar-refractivity contribution in [2.45, 2.75) is 44.2 Å². The van der Waals surface area contributed by atoms with Crippen molar-refractivity contribution in [2.75, 3.05) is 0 Å². The summed E-state index contributed by atoms with van der Waals surface area (Å²) in [4.78, 5) is 15.8. The zero-order valence-electron chi connectivity index (χ0n) is 9.40. The van der Waals surface area contributed by atoms with Crippen LogP contribution in [0.3, 0.4) is 0 Å². The van der Waals surface area contributed by atoms with Gasteiger partial charge in [-0.3, -0.25) is 10.1 Å². The van der Waals surface area contributed by atoms with Crippen molar-refractivity contribution in [1.82, 2.24) is 10.3 Å². The highest BCUT2D eigenvalue weighted by Gasteiger charge is 2.38. The first-order valence-electron chi connectivity index (χ1n) is 5.60. The number of carbonyl (C=O) groups excluding carboxylic acids is 1. The first kappa shape index (κ1) is 11.5. The summed E-state index contributed by atoms with van der Waals surface area (Å²) in [5.74, 6) is -0.352. The van der Waals surface area contributed by atoms with E-state index in [1.807, 2.05) is 12.3 Å². The van der Waals surface area contributed by atoms with Crippen LogP contribution in [0.2, 0.25) is 0 Å². The molecule has 4 nitrogen and oxygen atoms in total. The summed E-state index contributed by atoms with van der Waals surface area (Å²) >= 11 is 1.47. The molecule has 2 rings (SSSR count). The Morgan fingerprint density at radius 3 is 2.81 bits per heavy atom. The molecule has 0 radical (unpaired) electrons. The third-order valence-corrected chi connectivity index (χ3v) is 4.20. The fourth-order valence-corrected chi connectivity index (χ4v) is 2.95. The van der Waals surface area contributed by atoms with E-state index in [0.717, 1.165) is 17.8 Å². The van der Waals surface area contributed by atoms with E-state index < -0.39 is 5.54 Å². The van der Waals surface area contributed by atoms with E-state index in [9.17, 15) is 4.79 Å². The lowest BCUT2D eigenvalue weighted by molar-refractivity contribution is -0.124. The number of amides is 1. The molecule has 0 saturated heterocycles. The number of carbonyl (C=O) groups is 1. The lowest BCUT2D eigenvalue weighted by Gasteiger charge is -2.28. The number of aromatic nitrogens is 1. The third kappa shape index (κ3) is 2.10. The minimum Gasteiger partial charge on any atom is -0.368 e. The topological polar surface area (TPSA) is 68.0 Å². The van der Waals surface area contributed by atoms with E-state index in [1.165, 1.54) is 24.2 Å². The highest BCUT2D eigenvalue weighted by molar-refractivity contribution is 7.09. The molecule has 1 fully saturated rings. The Hall–Kier alpha value is -0.940. The summed E-state index contributed by atoms with van der Waals surface area (Å²) < 4.78 is 0. The summed E-state index contributed by atoms with van der Waals surface area (Å²) in [6.45, 7) is 1.83. The average Bonchev–Trinajstić information content (AvgIpc) is 2.88. The van der Waals surface area contributed by atoms with Crippen LogP contribution in [0, 0.1) is 0 Å². The summed E-state index contributed by atoms with van der Waals surface area (Å²) in [7, 11) is 0. The van der Waals surface area contributed by atoms with Crippen molar-refractivity contribution in [3.63, 3.8) is 0 Å². The number of hydrogen-bond acceptors (Lipinski definition) is 4. The summed E-state index contributed by atoms with van der Waals surface area (Å²) in [5.41, 5.74) is 4.69. The van der Waals surface area contributed by atoms with Crippen molar-refractivity contribution in [3.8, 4) is 0 Å². The Balaban J connectivity index is 2.18. The molecular weight excluding hydrogens is 222 g/mol. The molecular formula is C11H17N3OS. The maximum absolute atomic E-state index is 11.6. The number of nitrogens with zero attached hydrogens (tertiary/aromatic N) is 1. The zero-order valence-corrected chi connectivity index (χ0v) is 10.2. The van der Waals surface area contributed by atoms with Gasteiger partial charge in [-0.2, -0.15) is 0 Å². The first-order chi connectivity index (χ1) is 7.63. The monoisotopic (exact) mass is 239 g/mol. The van der Waals surface area contributed by atoms with Gasteiger partial charge in [-0.25, -0.2) is 4.98 Å². The van der Waals surface area contributed by atoms with Crippen LogP contribution in [-0.2, 0) is 10.3 Å². The van der Waals surface area contributed by atoms with Crippen LogP contribution in [-0.4, -0.2) is 16.9 Å². The molecule has 1 aromatic heterocycles. The fourth-order valence-electron chi connectivity index (χ4n) is 2.19. The molecule has 0 aromatic carbocycles. The molecule has 1 aromatic rings. The largest absolute Gasteiger partial charge is 0.368 e. The smallest absolute Gasteiger partial charge is 0.244 e. The number of hydrogen-bond donors (Lipinski definition) is 2. The van der Waals surface area contributed by atoms with Gasteiger partial charge in [0, 0.05) is 17.6 Å². The molecule has 0 spiro atoms. The second kappa shape index (κ2) is 4.51. The second-order valence-corrected chi connectivity index (χ2v) is 5.35. The predicted molar refractivity (Wildman–Crippen MR) is 64.1 cm³/mol. The maximum Gasteiger partial charge on any atom is 0.244 e. The molecule has 1 amide bonds. The normalized spacial score (nSPS) is 20.8. The molecule has 1 unspecified atom stereocenters. The number of nitrogens with one attached hydrogen (secondary N) is 1. The van der Waals surface area contributed by atoms with Gasteiger partial charge in [-0.15, -0.1) is 11.3 Å². The van der Waals surface area contributed by atoms with E-state index in [1.54, 1.807) is 6.20 Å². The average molecular weight is 239 g/mol. The first-order valence-corrected chi connectivity index (χ1v) is 6.48. The number of nitrogens with two attached hydrogens (primary N) is 1. The summed E-state index contributed by atoms with van der Waals surface area (Å²) in [6.07, 6.45) is 6.40. The van der Waals surface area contributed by atoms with Crippen LogP contribution in [0.15, 0.2) is 11.6 Å². The molecule has 1 saturated carbocycles. The van der Waals surface area contributed by atoms with E-state index in [4.69, 9.17) is 5.73 Å². The third-order valence-electron chi connectivity index (χ3n) is 3.20. The van der Waals surface area contributed by atoms with Gasteiger partial charge in [0.05, 0.1) is 0 Å². The molecule has 1 aliphatic carbocycles. The predicted octanol–water partition coefficient (Wildman–Crippen LogP) is 1.38. The van der Waals surface area contributed by atoms with Crippen LogP contribution in [0.5, 0.6) is 0 Å². The Bertz CT molecular complexity index is 359. The van der Waals surface area contributed by atoms with Crippen LogP contribution >= 0.6 is 11.3 Å². The van der Waals surface area contributed by atoms with Crippen LogP contribution in [0.4, 0.5) is 0 Å². The van der Waals surface area contributed by atoms with Gasteiger partial charge in [0.1, 0.15) is 10.5 Å². The number of thiazole rings is 1. The van der Waals surface area contributed by atoms with Gasteiger partial charge < -0.3 is 5.73 Å². The maximum atomic E-state index is 11.6. The molecule has 16 heavy (non-hydrogen) atoms. The van der Waals surface area contributed by atoms with Gasteiger partial charge in [-0.05, 0) is 19.8 Å². The molecule has 5 heteroatoms. The Morgan fingerprint density at radius 1 is 1.62 bits per heavy atom. The lowest BCUT2D eigenvalue weighted by atomic mass is 10.0. The minimum atomic E-state index is -0.816. The minimum absolute atomic E-state index is 0.352. The lowest BCUT2D eigenvalue weighted by Crippen LogP contribution is -2.53. The van der Waals surface area contributed by atoms with E-state index in [0.29, 0.717) is 6.04 Å². The quantitative estimate of drug-likeness (QED) is 0.834. The van der Waals surface area contributed by atoms with Crippen molar-refractivity contribution < 1.29 is 4.79 Å². The highest BCUT2D eigenvalue weighted by atomic mass is 32.1. The van der Waals surface area contributed by atoms with Crippen LogP contribution in [0.1, 0.15) is 37.6 Å². The summed E-state index contributed by atoms with van der Waals surface area (Å²) in [6, 6.07) is 0.390. The van der Waals surface area contributed by atoms with Crippen molar-refractivity contribution in [2.24, 2.45) is 5.73 Å². The summed E-state index contributed by atoms with van der Waals surface area (Å²) in [5, 5.41) is 5.99. The molecule has 3 N–H and O–H groups in total. The van der Waals surface area contributed by atoms with E-state index in [2.05, 4.69) is 10.3 Å². The number of rotatable bonds is 4. The van der Waals surface area contributed by atoms with Crippen molar-refractivity contribution in [1.29, 1.82) is 0 Å².